The van der Waals surface area contributed by atoms with E-state index in [9.17, 15) is 0 Å². The van der Waals surface area contributed by atoms with Crippen LogP contribution >= 0.6 is 0 Å². The van der Waals surface area contributed by atoms with Gasteiger partial charge in [0.25, 0.3) is 0 Å². The van der Waals surface area contributed by atoms with Gasteiger partial charge >= 0.3 is 0 Å². The highest BCUT2D eigenvalue weighted by atomic mass is 15.2. The van der Waals surface area contributed by atoms with Crippen molar-refractivity contribution in [1.29, 1.82) is 0 Å². The second kappa shape index (κ2) is 8.97. The van der Waals surface area contributed by atoms with E-state index in [0.717, 1.165) is 23.9 Å². The molecule has 0 aliphatic heterocycles. The zero-order valence-corrected chi connectivity index (χ0v) is 13.9. The summed E-state index contributed by atoms with van der Waals surface area (Å²) >= 11 is 0. The predicted octanol–water partition coefficient (Wildman–Crippen LogP) is 3.91. The van der Waals surface area contributed by atoms with Gasteiger partial charge in [-0.3, -0.25) is 4.90 Å². The lowest BCUT2D eigenvalue weighted by Gasteiger charge is -2.47. The second-order valence-electron chi connectivity index (χ2n) is 6.81. The molecule has 0 aromatic carbocycles. The number of unbranched alkanes of at least 4 members (excludes halogenated alkanes) is 1. The van der Waals surface area contributed by atoms with E-state index in [0.29, 0.717) is 0 Å². The Bertz CT molecular complexity index is 227. The van der Waals surface area contributed by atoms with E-state index in [1.165, 1.54) is 51.7 Å². The molecule has 3 unspecified atom stereocenters. The Hall–Kier alpha value is -0.0800. The summed E-state index contributed by atoms with van der Waals surface area (Å²) in [5, 5.41) is 3.66. The first kappa shape index (κ1) is 17.0. The smallest absolute Gasteiger partial charge is 0.0139 e. The summed E-state index contributed by atoms with van der Waals surface area (Å²) in [5.74, 6) is 1.66. The Kier molecular flexibility index (Phi) is 8.01. The molecule has 114 valence electrons. The van der Waals surface area contributed by atoms with Crippen LogP contribution in [0.3, 0.4) is 0 Å². The molecule has 19 heavy (non-hydrogen) atoms. The first-order valence-electron chi connectivity index (χ1n) is 8.56. The lowest BCUT2D eigenvalue weighted by molar-refractivity contribution is 0.0298. The molecule has 1 saturated carbocycles. The van der Waals surface area contributed by atoms with Gasteiger partial charge in [-0.05, 0) is 64.1 Å². The topological polar surface area (TPSA) is 15.3 Å². The number of nitrogens with one attached hydrogen (secondary N) is 1. The molecule has 0 aromatic rings. The van der Waals surface area contributed by atoms with Gasteiger partial charge in [0.05, 0.1) is 0 Å². The molecule has 1 rings (SSSR count). The van der Waals surface area contributed by atoms with Crippen LogP contribution in [0.1, 0.15) is 66.7 Å². The van der Waals surface area contributed by atoms with E-state index in [4.69, 9.17) is 0 Å². The molecule has 0 amide bonds. The Morgan fingerprint density at radius 1 is 1.16 bits per heavy atom. The molecule has 0 radical (unpaired) electrons. The molecule has 0 spiro atoms. The molecule has 2 nitrogen and oxygen atoms in total. The molecule has 1 fully saturated rings. The van der Waals surface area contributed by atoms with Crippen molar-refractivity contribution >= 4 is 0 Å². The number of rotatable bonds is 10. The van der Waals surface area contributed by atoms with Gasteiger partial charge < -0.3 is 5.32 Å². The highest BCUT2D eigenvalue weighted by molar-refractivity contribution is 4.91. The van der Waals surface area contributed by atoms with Gasteiger partial charge in [-0.25, -0.2) is 0 Å². The Labute approximate surface area is 121 Å². The quantitative estimate of drug-likeness (QED) is 0.646. The molecule has 2 heteroatoms. The van der Waals surface area contributed by atoms with Crippen LogP contribution in [0.25, 0.3) is 0 Å². The van der Waals surface area contributed by atoms with Gasteiger partial charge in [-0.15, -0.1) is 0 Å². The molecule has 1 N–H and O–H groups in total. The van der Waals surface area contributed by atoms with Crippen molar-refractivity contribution in [1.82, 2.24) is 10.2 Å². The van der Waals surface area contributed by atoms with E-state index in [2.05, 4.69) is 44.8 Å². The molecule has 0 bridgehead atoms. The van der Waals surface area contributed by atoms with Crippen molar-refractivity contribution in [3.05, 3.63) is 0 Å². The minimum Gasteiger partial charge on any atom is -0.316 e. The molecular formula is C17H36N2. The zero-order chi connectivity index (χ0) is 14.3. The Morgan fingerprint density at radius 2 is 1.89 bits per heavy atom. The number of hydrogen-bond acceptors (Lipinski definition) is 2. The van der Waals surface area contributed by atoms with Crippen molar-refractivity contribution in [3.63, 3.8) is 0 Å². The average molecular weight is 268 g/mol. The first-order chi connectivity index (χ1) is 9.10. The molecule has 1 aliphatic carbocycles. The van der Waals surface area contributed by atoms with Gasteiger partial charge in [0.1, 0.15) is 0 Å². The number of hydrogen-bond donors (Lipinski definition) is 1. The van der Waals surface area contributed by atoms with E-state index < -0.39 is 0 Å². The molecule has 0 saturated heterocycles. The maximum Gasteiger partial charge on any atom is 0.0139 e. The highest BCUT2D eigenvalue weighted by Crippen LogP contribution is 2.33. The van der Waals surface area contributed by atoms with Crippen molar-refractivity contribution in [3.8, 4) is 0 Å². The Balaban J connectivity index is 2.40. The summed E-state index contributed by atoms with van der Waals surface area (Å²) in [6, 6.07) is 1.60. The fourth-order valence-electron chi connectivity index (χ4n) is 3.07. The fraction of sp³-hybridized carbons (Fsp3) is 1.00. The predicted molar refractivity (Wildman–Crippen MR) is 85.6 cm³/mol. The van der Waals surface area contributed by atoms with Gasteiger partial charge in [-0.2, -0.15) is 0 Å². The molecular weight excluding hydrogens is 232 g/mol. The maximum absolute atomic E-state index is 3.66. The first-order valence-corrected chi connectivity index (χ1v) is 8.56. The summed E-state index contributed by atoms with van der Waals surface area (Å²) in [5.41, 5.74) is 0. The Morgan fingerprint density at radius 3 is 2.37 bits per heavy atom. The van der Waals surface area contributed by atoms with Crippen LogP contribution < -0.4 is 5.32 Å². The lowest BCUT2D eigenvalue weighted by atomic mass is 9.77. The third-order valence-electron chi connectivity index (χ3n) is 4.69. The molecule has 0 heterocycles. The molecule has 1 aliphatic rings. The van der Waals surface area contributed by atoms with Crippen molar-refractivity contribution in [2.24, 2.45) is 11.8 Å². The van der Waals surface area contributed by atoms with E-state index in [1.54, 1.807) is 0 Å². The van der Waals surface area contributed by atoms with Gasteiger partial charge in [0.2, 0.25) is 0 Å². The van der Waals surface area contributed by atoms with Crippen LogP contribution in [0.5, 0.6) is 0 Å². The number of nitrogens with zero attached hydrogens (tertiary/aromatic N) is 1. The minimum atomic E-state index is 0.754. The summed E-state index contributed by atoms with van der Waals surface area (Å²) in [6.45, 7) is 15.3. The van der Waals surface area contributed by atoms with Gasteiger partial charge in [0, 0.05) is 12.1 Å². The largest absolute Gasteiger partial charge is 0.316 e. The highest BCUT2D eigenvalue weighted by Gasteiger charge is 2.36. The fourth-order valence-corrected chi connectivity index (χ4v) is 3.07. The summed E-state index contributed by atoms with van der Waals surface area (Å²) in [4.78, 5) is 2.80. The van der Waals surface area contributed by atoms with Gasteiger partial charge in [-0.1, -0.05) is 34.1 Å². The van der Waals surface area contributed by atoms with Crippen LogP contribution in [-0.2, 0) is 0 Å². The SMILES string of the molecule is CCCCN(C(C)CC)C1CCC1CNCC(C)C. The standard InChI is InChI=1S/C17H36N2/c1-6-8-11-19(15(5)7-2)17-10-9-16(17)13-18-12-14(3)4/h14-18H,6-13H2,1-5H3. The average Bonchev–Trinajstić information content (AvgIpc) is 2.36. The van der Waals surface area contributed by atoms with Crippen molar-refractivity contribution < 1.29 is 0 Å². The van der Waals surface area contributed by atoms with Crippen LogP contribution in [0.4, 0.5) is 0 Å². The monoisotopic (exact) mass is 268 g/mol. The molecule has 3 atom stereocenters. The lowest BCUT2D eigenvalue weighted by Crippen LogP contribution is -2.53. The third kappa shape index (κ3) is 5.43. The van der Waals surface area contributed by atoms with E-state index in [-0.39, 0.29) is 0 Å². The van der Waals surface area contributed by atoms with Crippen molar-refractivity contribution in [2.45, 2.75) is 78.8 Å². The van der Waals surface area contributed by atoms with E-state index in [1.807, 2.05) is 0 Å². The van der Waals surface area contributed by atoms with Crippen LogP contribution in [0, 0.1) is 11.8 Å². The minimum absolute atomic E-state index is 0.754. The zero-order valence-electron chi connectivity index (χ0n) is 13.9. The van der Waals surface area contributed by atoms with Crippen LogP contribution in [0.15, 0.2) is 0 Å². The second-order valence-corrected chi connectivity index (χ2v) is 6.81. The summed E-state index contributed by atoms with van der Waals surface area (Å²) in [7, 11) is 0. The molecule has 0 aromatic heterocycles. The summed E-state index contributed by atoms with van der Waals surface area (Å²) < 4.78 is 0. The van der Waals surface area contributed by atoms with Crippen molar-refractivity contribution in [2.75, 3.05) is 19.6 Å². The van der Waals surface area contributed by atoms with Gasteiger partial charge in [0.15, 0.2) is 0 Å². The van der Waals surface area contributed by atoms with Crippen LogP contribution in [-0.4, -0.2) is 36.6 Å². The van der Waals surface area contributed by atoms with E-state index >= 15 is 0 Å². The summed E-state index contributed by atoms with van der Waals surface area (Å²) in [6.07, 6.45) is 6.80. The van der Waals surface area contributed by atoms with Crippen LogP contribution in [0.2, 0.25) is 0 Å². The normalized spacial score (nSPS) is 24.8. The maximum atomic E-state index is 3.66. The third-order valence-corrected chi connectivity index (χ3v) is 4.69.